The lowest BCUT2D eigenvalue weighted by molar-refractivity contribution is -0.145. The van der Waals surface area contributed by atoms with E-state index in [9.17, 15) is 9.59 Å². The zero-order valence-electron chi connectivity index (χ0n) is 20.1. The Morgan fingerprint density at radius 2 is 1.86 bits per heavy atom. The first kappa shape index (κ1) is 25.2. The molecule has 1 aromatic carbocycles. The number of benzene rings is 1. The van der Waals surface area contributed by atoms with Gasteiger partial charge in [-0.3, -0.25) is 14.7 Å². The van der Waals surface area contributed by atoms with E-state index in [-0.39, 0.29) is 23.8 Å². The van der Waals surface area contributed by atoms with Crippen molar-refractivity contribution in [2.45, 2.75) is 64.3 Å². The molecule has 7 nitrogen and oxygen atoms in total. The van der Waals surface area contributed by atoms with Crippen LogP contribution in [0.2, 0.25) is 10.0 Å². The zero-order chi connectivity index (χ0) is 25.6. The maximum atomic E-state index is 13.0. The molecule has 2 fully saturated rings. The van der Waals surface area contributed by atoms with Gasteiger partial charge in [0.2, 0.25) is 0 Å². The third kappa shape index (κ3) is 4.78. The summed E-state index contributed by atoms with van der Waals surface area (Å²) in [7, 11) is 0. The van der Waals surface area contributed by atoms with Gasteiger partial charge in [-0.2, -0.15) is 5.10 Å². The molecule has 190 valence electrons. The molecule has 5 rings (SSSR count). The van der Waals surface area contributed by atoms with Gasteiger partial charge in [0.05, 0.1) is 32.7 Å². The van der Waals surface area contributed by atoms with Crippen molar-refractivity contribution in [3.8, 4) is 21.6 Å². The average molecular weight is 548 g/mol. The molecule has 0 radical (unpaired) electrons. The minimum absolute atomic E-state index is 0.136. The summed E-state index contributed by atoms with van der Waals surface area (Å²) in [6.45, 7) is 4.17. The van der Waals surface area contributed by atoms with Crippen molar-refractivity contribution in [2.75, 3.05) is 0 Å². The summed E-state index contributed by atoms with van der Waals surface area (Å²) in [5.74, 6) is -0.672. The molecule has 0 aliphatic heterocycles. The predicted molar refractivity (Wildman–Crippen MR) is 142 cm³/mol. The Labute approximate surface area is 223 Å². The Bertz CT molecular complexity index is 1310. The number of aromatic amines is 1. The normalized spacial score (nSPS) is 19.7. The number of carboxylic acid groups (broad SMARTS) is 1. The summed E-state index contributed by atoms with van der Waals surface area (Å²) in [6, 6.07) is 3.76. The maximum Gasteiger partial charge on any atom is 0.306 e. The Morgan fingerprint density at radius 3 is 2.50 bits per heavy atom. The van der Waals surface area contributed by atoms with E-state index >= 15 is 0 Å². The number of nitrogens with zero attached hydrogens (tertiary/aromatic N) is 2. The van der Waals surface area contributed by atoms with Crippen molar-refractivity contribution in [3.63, 3.8) is 0 Å². The van der Waals surface area contributed by atoms with E-state index < -0.39 is 5.97 Å². The van der Waals surface area contributed by atoms with E-state index in [4.69, 9.17) is 33.3 Å². The fourth-order valence-electron chi connectivity index (χ4n) is 4.84. The summed E-state index contributed by atoms with van der Waals surface area (Å²) < 4.78 is 0. The van der Waals surface area contributed by atoms with Crippen molar-refractivity contribution in [1.29, 1.82) is 0 Å². The van der Waals surface area contributed by atoms with E-state index in [2.05, 4.69) is 29.4 Å². The van der Waals surface area contributed by atoms with Gasteiger partial charge in [-0.1, -0.05) is 68.4 Å². The number of halogens is 2. The predicted octanol–water partition coefficient (Wildman–Crippen LogP) is 6.57. The molecule has 0 saturated heterocycles. The van der Waals surface area contributed by atoms with Crippen molar-refractivity contribution < 1.29 is 14.7 Å². The zero-order valence-corrected chi connectivity index (χ0v) is 22.4. The highest BCUT2D eigenvalue weighted by Gasteiger charge is 2.36. The Morgan fingerprint density at radius 1 is 1.17 bits per heavy atom. The third-order valence-electron chi connectivity index (χ3n) is 7.28. The standard InChI is InChI=1S/C26H28Cl2N4O3S/c1-12(2)22-18(11-29-32-22)16-6-7-17(21(28)20(16)27)23-19(8-13-4-3-5-13)31-25(36-23)24(33)30-15-9-14(10-15)26(34)35/h6-7,11-15H,3-5,8-10H2,1-2H3,(H,29,32)(H,30,33)(H,34,35). The van der Waals surface area contributed by atoms with Crippen LogP contribution in [0.25, 0.3) is 21.6 Å². The molecular formula is C26H28Cl2N4O3S. The van der Waals surface area contributed by atoms with Crippen LogP contribution in [-0.2, 0) is 11.2 Å². The number of carbonyl (C=O) groups is 2. The van der Waals surface area contributed by atoms with E-state index in [0.29, 0.717) is 33.8 Å². The molecule has 10 heteroatoms. The van der Waals surface area contributed by atoms with Crippen LogP contribution in [0.5, 0.6) is 0 Å². The Balaban J connectivity index is 1.46. The van der Waals surface area contributed by atoms with Crippen LogP contribution >= 0.6 is 34.5 Å². The van der Waals surface area contributed by atoms with Crippen LogP contribution in [-0.4, -0.2) is 38.2 Å². The lowest BCUT2D eigenvalue weighted by Gasteiger charge is -2.32. The van der Waals surface area contributed by atoms with E-state index in [1.165, 1.54) is 17.8 Å². The first-order chi connectivity index (χ1) is 17.2. The number of hydrogen-bond donors (Lipinski definition) is 3. The van der Waals surface area contributed by atoms with Crippen LogP contribution in [0.15, 0.2) is 18.3 Å². The maximum absolute atomic E-state index is 13.0. The molecular weight excluding hydrogens is 519 g/mol. The molecule has 2 aliphatic rings. The number of amides is 1. The molecule has 1 amide bonds. The van der Waals surface area contributed by atoms with Crippen LogP contribution in [0, 0.1) is 11.8 Å². The largest absolute Gasteiger partial charge is 0.481 e. The van der Waals surface area contributed by atoms with E-state index in [0.717, 1.165) is 52.2 Å². The molecule has 3 N–H and O–H groups in total. The highest BCUT2D eigenvalue weighted by atomic mass is 35.5. The van der Waals surface area contributed by atoms with Gasteiger partial charge in [0, 0.05) is 28.4 Å². The monoisotopic (exact) mass is 546 g/mol. The lowest BCUT2D eigenvalue weighted by atomic mass is 9.80. The minimum Gasteiger partial charge on any atom is -0.481 e. The first-order valence-corrected chi connectivity index (χ1v) is 13.9. The number of rotatable bonds is 8. The number of thiazole rings is 1. The summed E-state index contributed by atoms with van der Waals surface area (Å²) in [5.41, 5.74) is 4.35. The molecule has 3 aromatic rings. The van der Waals surface area contributed by atoms with Crippen LogP contribution in [0.4, 0.5) is 0 Å². The number of H-pyrrole nitrogens is 1. The number of hydrogen-bond acceptors (Lipinski definition) is 5. The van der Waals surface area contributed by atoms with Gasteiger partial charge in [0.25, 0.3) is 5.91 Å². The van der Waals surface area contributed by atoms with Gasteiger partial charge in [-0.25, -0.2) is 4.98 Å². The van der Waals surface area contributed by atoms with Crippen molar-refractivity contribution in [1.82, 2.24) is 20.5 Å². The Kier molecular flexibility index (Phi) is 7.12. The SMILES string of the molecule is CC(C)c1[nH]ncc1-c1ccc(-c2sc(C(=O)NC3CC(C(=O)O)C3)nc2CC2CCC2)c(Cl)c1Cl. The number of carboxylic acids is 1. The van der Waals surface area contributed by atoms with Gasteiger partial charge >= 0.3 is 5.97 Å². The highest BCUT2D eigenvalue weighted by molar-refractivity contribution is 7.17. The number of carbonyl (C=O) groups excluding carboxylic acids is 1. The first-order valence-electron chi connectivity index (χ1n) is 12.3. The van der Waals surface area contributed by atoms with Crippen LogP contribution in [0.1, 0.15) is 73.1 Å². The molecule has 2 saturated carbocycles. The molecule has 2 heterocycles. The van der Waals surface area contributed by atoms with Crippen LogP contribution in [0.3, 0.4) is 0 Å². The fourth-order valence-corrected chi connectivity index (χ4v) is 6.45. The van der Waals surface area contributed by atoms with Crippen molar-refractivity contribution in [2.24, 2.45) is 11.8 Å². The summed E-state index contributed by atoms with van der Waals surface area (Å²) in [4.78, 5) is 29.6. The highest BCUT2D eigenvalue weighted by Crippen LogP contribution is 2.45. The van der Waals surface area contributed by atoms with Gasteiger partial charge in [-0.05, 0) is 31.1 Å². The molecule has 36 heavy (non-hydrogen) atoms. The van der Waals surface area contributed by atoms with Gasteiger partial charge in [0.1, 0.15) is 0 Å². The summed E-state index contributed by atoms with van der Waals surface area (Å²) in [5, 5.41) is 20.5. The second kappa shape index (κ2) is 10.1. The number of nitrogens with one attached hydrogen (secondary N) is 2. The third-order valence-corrected chi connectivity index (χ3v) is 9.30. The van der Waals surface area contributed by atoms with E-state index in [1.807, 2.05) is 12.1 Å². The molecule has 0 bridgehead atoms. The Hall–Kier alpha value is -2.42. The van der Waals surface area contributed by atoms with Crippen molar-refractivity contribution in [3.05, 3.63) is 44.8 Å². The number of aromatic nitrogens is 3. The summed E-state index contributed by atoms with van der Waals surface area (Å²) >= 11 is 15.0. The quantitative estimate of drug-likeness (QED) is 0.296. The molecule has 0 spiro atoms. The molecule has 0 atom stereocenters. The average Bonchev–Trinajstić information content (AvgIpc) is 3.42. The smallest absolute Gasteiger partial charge is 0.306 e. The van der Waals surface area contributed by atoms with Crippen molar-refractivity contribution >= 4 is 46.4 Å². The second-order valence-electron chi connectivity index (χ2n) is 10.1. The topological polar surface area (TPSA) is 108 Å². The second-order valence-corrected chi connectivity index (χ2v) is 11.9. The van der Waals surface area contributed by atoms with Gasteiger partial charge < -0.3 is 10.4 Å². The van der Waals surface area contributed by atoms with Gasteiger partial charge in [-0.15, -0.1) is 11.3 Å². The molecule has 2 aromatic heterocycles. The summed E-state index contributed by atoms with van der Waals surface area (Å²) in [6.07, 6.45) is 6.98. The fraction of sp³-hybridized carbons (Fsp3) is 0.462. The lowest BCUT2D eigenvalue weighted by Crippen LogP contribution is -2.46. The molecule has 2 aliphatic carbocycles. The molecule has 0 unspecified atom stereocenters. The number of aliphatic carboxylic acids is 1. The van der Waals surface area contributed by atoms with Gasteiger partial charge in [0.15, 0.2) is 5.01 Å². The van der Waals surface area contributed by atoms with E-state index in [1.54, 1.807) is 6.20 Å². The van der Waals surface area contributed by atoms with Crippen LogP contribution < -0.4 is 5.32 Å². The minimum atomic E-state index is -0.814.